The number of carbonyl (C=O) groups is 2. The topological polar surface area (TPSA) is 58.2 Å². The van der Waals surface area contributed by atoms with Crippen LogP contribution in [0.1, 0.15) is 59.3 Å². The van der Waals surface area contributed by atoms with Crippen molar-refractivity contribution in [3.05, 3.63) is 0 Å². The summed E-state index contributed by atoms with van der Waals surface area (Å²) in [5.41, 5.74) is -0.273. The van der Waals surface area contributed by atoms with Gasteiger partial charge in [0, 0.05) is 13.0 Å². The zero-order chi connectivity index (χ0) is 15.6. The minimum absolute atomic E-state index is 0.0779. The van der Waals surface area contributed by atoms with Gasteiger partial charge < -0.3 is 10.6 Å². The van der Waals surface area contributed by atoms with Crippen molar-refractivity contribution in [3.63, 3.8) is 0 Å². The maximum Gasteiger partial charge on any atom is 0.242 e. The van der Waals surface area contributed by atoms with Crippen LogP contribution in [0.5, 0.6) is 0 Å². The molecule has 2 fully saturated rings. The lowest BCUT2D eigenvalue weighted by atomic mass is 9.84. The first-order valence-electron chi connectivity index (χ1n) is 8.36. The summed E-state index contributed by atoms with van der Waals surface area (Å²) in [4.78, 5) is 24.4. The summed E-state index contributed by atoms with van der Waals surface area (Å²) in [7, 11) is 1.62. The normalized spacial score (nSPS) is 27.8. The van der Waals surface area contributed by atoms with E-state index in [0.29, 0.717) is 5.92 Å². The quantitative estimate of drug-likeness (QED) is 0.837. The molecule has 120 valence electrons. The number of nitrogens with one attached hydrogen (secondary N) is 2. The molecule has 0 bridgehead atoms. The summed E-state index contributed by atoms with van der Waals surface area (Å²) >= 11 is 0. The molecule has 2 rings (SSSR count). The maximum atomic E-state index is 12.4. The van der Waals surface area contributed by atoms with E-state index in [1.165, 1.54) is 32.1 Å². The van der Waals surface area contributed by atoms with Crippen LogP contribution in [0.3, 0.4) is 0 Å². The average Bonchev–Trinajstić information content (AvgIpc) is 3.24. The van der Waals surface area contributed by atoms with Crippen LogP contribution in [0, 0.1) is 23.2 Å². The van der Waals surface area contributed by atoms with Crippen molar-refractivity contribution in [2.75, 3.05) is 7.05 Å². The van der Waals surface area contributed by atoms with Gasteiger partial charge in [0.05, 0.1) is 0 Å². The van der Waals surface area contributed by atoms with Crippen molar-refractivity contribution in [3.8, 4) is 0 Å². The van der Waals surface area contributed by atoms with Crippen LogP contribution in [0.4, 0.5) is 0 Å². The molecular formula is C17H30N2O2. The first-order valence-corrected chi connectivity index (χ1v) is 8.36. The minimum atomic E-state index is -0.456. The van der Waals surface area contributed by atoms with Gasteiger partial charge in [0.1, 0.15) is 6.04 Å². The predicted octanol–water partition coefficient (Wildman–Crippen LogP) is 2.48. The van der Waals surface area contributed by atoms with Gasteiger partial charge in [0.15, 0.2) is 0 Å². The second-order valence-electron chi connectivity index (χ2n) is 7.83. The Morgan fingerprint density at radius 3 is 2.24 bits per heavy atom. The molecule has 0 aromatic carbocycles. The first kappa shape index (κ1) is 16.3. The van der Waals surface area contributed by atoms with E-state index in [0.717, 1.165) is 12.3 Å². The van der Waals surface area contributed by atoms with Crippen molar-refractivity contribution < 1.29 is 9.59 Å². The lowest BCUT2D eigenvalue weighted by molar-refractivity contribution is -0.132. The van der Waals surface area contributed by atoms with E-state index in [9.17, 15) is 9.59 Å². The van der Waals surface area contributed by atoms with Crippen molar-refractivity contribution in [1.82, 2.24) is 10.6 Å². The lowest BCUT2D eigenvalue weighted by Crippen LogP contribution is -2.53. The van der Waals surface area contributed by atoms with Crippen LogP contribution in [0.25, 0.3) is 0 Å². The Hall–Kier alpha value is -1.06. The Bertz CT molecular complexity index is 394. The van der Waals surface area contributed by atoms with Gasteiger partial charge >= 0.3 is 0 Å². The summed E-state index contributed by atoms with van der Waals surface area (Å²) in [5.74, 6) is 1.42. The summed E-state index contributed by atoms with van der Waals surface area (Å²) in [6, 6.07) is -0.456. The highest BCUT2D eigenvalue weighted by Gasteiger charge is 2.48. The van der Waals surface area contributed by atoms with E-state index in [1.54, 1.807) is 7.05 Å². The van der Waals surface area contributed by atoms with Gasteiger partial charge in [-0.05, 0) is 23.7 Å². The van der Waals surface area contributed by atoms with Crippen LogP contribution in [-0.4, -0.2) is 24.9 Å². The number of carbonyl (C=O) groups excluding carboxylic acids is 2. The second-order valence-corrected chi connectivity index (χ2v) is 7.83. The molecule has 2 saturated carbocycles. The van der Waals surface area contributed by atoms with E-state index in [4.69, 9.17) is 0 Å². The molecule has 4 heteroatoms. The Kier molecular flexibility index (Phi) is 4.95. The molecule has 0 aromatic rings. The fraction of sp³-hybridized carbons (Fsp3) is 0.882. The molecule has 0 heterocycles. The molecule has 21 heavy (non-hydrogen) atoms. The first-order chi connectivity index (χ1) is 9.84. The molecule has 1 unspecified atom stereocenters. The van der Waals surface area contributed by atoms with Crippen LogP contribution < -0.4 is 10.6 Å². The highest BCUT2D eigenvalue weighted by Crippen LogP contribution is 2.49. The van der Waals surface area contributed by atoms with Crippen LogP contribution in [-0.2, 0) is 9.59 Å². The van der Waals surface area contributed by atoms with Crippen LogP contribution >= 0.6 is 0 Å². The Morgan fingerprint density at radius 2 is 1.71 bits per heavy atom. The molecule has 3 atom stereocenters. The highest BCUT2D eigenvalue weighted by atomic mass is 16.2. The highest BCUT2D eigenvalue weighted by molar-refractivity contribution is 5.90. The maximum absolute atomic E-state index is 12.4. The lowest BCUT2D eigenvalue weighted by Gasteiger charge is -2.30. The Morgan fingerprint density at radius 1 is 1.10 bits per heavy atom. The summed E-state index contributed by atoms with van der Waals surface area (Å²) in [6.45, 7) is 5.95. The molecule has 0 spiro atoms. The minimum Gasteiger partial charge on any atom is -0.357 e. The summed E-state index contributed by atoms with van der Waals surface area (Å²) in [5, 5.41) is 5.64. The predicted molar refractivity (Wildman–Crippen MR) is 83.6 cm³/mol. The van der Waals surface area contributed by atoms with E-state index < -0.39 is 6.04 Å². The molecule has 0 aromatic heterocycles. The van der Waals surface area contributed by atoms with Gasteiger partial charge in [-0.2, -0.15) is 0 Å². The van der Waals surface area contributed by atoms with Gasteiger partial charge in [-0.1, -0.05) is 52.9 Å². The summed E-state index contributed by atoms with van der Waals surface area (Å²) in [6.07, 6.45) is 7.57. The molecular weight excluding hydrogens is 264 g/mol. The van der Waals surface area contributed by atoms with E-state index in [2.05, 4.69) is 10.6 Å². The molecule has 2 aliphatic rings. The molecule has 2 amide bonds. The van der Waals surface area contributed by atoms with Crippen LogP contribution in [0.2, 0.25) is 0 Å². The second kappa shape index (κ2) is 6.37. The van der Waals surface area contributed by atoms with Gasteiger partial charge in [-0.25, -0.2) is 0 Å². The van der Waals surface area contributed by atoms with Crippen LogP contribution in [0.15, 0.2) is 0 Å². The Balaban J connectivity index is 1.90. The zero-order valence-corrected chi connectivity index (χ0v) is 13.9. The third-order valence-electron chi connectivity index (χ3n) is 5.09. The fourth-order valence-electron chi connectivity index (χ4n) is 3.67. The number of rotatable bonds is 4. The molecule has 0 aliphatic heterocycles. The third kappa shape index (κ3) is 3.98. The standard InChI is InChI=1S/C17H30N2O2/c1-17(2,3)14(16(21)18-4)19-15(20)13-10-12(13)11-8-6-5-7-9-11/h11-14H,5-10H2,1-4H3,(H,18,21)(H,19,20)/t12-,13+,14?/m0/s1. The molecule has 0 radical (unpaired) electrons. The molecule has 4 nitrogen and oxygen atoms in total. The Labute approximate surface area is 128 Å². The summed E-state index contributed by atoms with van der Waals surface area (Å²) < 4.78 is 0. The van der Waals surface area contributed by atoms with Crippen molar-refractivity contribution in [2.24, 2.45) is 23.2 Å². The van der Waals surface area contributed by atoms with Gasteiger partial charge in [0.2, 0.25) is 11.8 Å². The van der Waals surface area contributed by atoms with E-state index in [1.807, 2.05) is 20.8 Å². The SMILES string of the molecule is CNC(=O)C(NC(=O)[C@@H]1C[C@H]1C1CCCCC1)C(C)(C)C. The monoisotopic (exact) mass is 294 g/mol. The zero-order valence-electron chi connectivity index (χ0n) is 13.9. The van der Waals surface area contributed by atoms with Gasteiger partial charge in [0.25, 0.3) is 0 Å². The van der Waals surface area contributed by atoms with E-state index >= 15 is 0 Å². The number of hydrogen-bond donors (Lipinski definition) is 2. The molecule has 2 aliphatic carbocycles. The fourth-order valence-corrected chi connectivity index (χ4v) is 3.67. The number of likely N-dealkylation sites (N-methyl/N-ethyl adjacent to an activating group) is 1. The van der Waals surface area contributed by atoms with Gasteiger partial charge in [-0.15, -0.1) is 0 Å². The van der Waals surface area contributed by atoms with Gasteiger partial charge in [-0.3, -0.25) is 9.59 Å². The largest absolute Gasteiger partial charge is 0.357 e. The molecule has 2 N–H and O–H groups in total. The van der Waals surface area contributed by atoms with Crippen molar-refractivity contribution >= 4 is 11.8 Å². The molecule has 0 saturated heterocycles. The third-order valence-corrected chi connectivity index (χ3v) is 5.09. The van der Waals surface area contributed by atoms with E-state index in [-0.39, 0.29) is 23.1 Å². The smallest absolute Gasteiger partial charge is 0.242 e. The van der Waals surface area contributed by atoms with Crippen molar-refractivity contribution in [1.29, 1.82) is 0 Å². The number of hydrogen-bond acceptors (Lipinski definition) is 2. The average molecular weight is 294 g/mol. The number of amides is 2. The van der Waals surface area contributed by atoms with Crippen molar-refractivity contribution in [2.45, 2.75) is 65.3 Å².